The lowest BCUT2D eigenvalue weighted by molar-refractivity contribution is 0.0690. The lowest BCUT2D eigenvalue weighted by atomic mass is 10.1. The Hall–Kier alpha value is -2.70. The molecule has 2 aromatic rings. The molecule has 0 unspecified atom stereocenters. The molecule has 0 aliphatic carbocycles. The fraction of sp³-hybridized carbons (Fsp3) is 0.154. The third-order valence-corrected chi connectivity index (χ3v) is 2.49. The van der Waals surface area contributed by atoms with E-state index in [0.717, 1.165) is 0 Å². The maximum atomic E-state index is 13.8. The normalized spacial score (nSPS) is 10.3. The number of rotatable bonds is 4. The number of carboxylic acid groups (broad SMARTS) is 1. The average molecular weight is 277 g/mol. The van der Waals surface area contributed by atoms with Gasteiger partial charge in [-0.1, -0.05) is 0 Å². The molecule has 0 spiro atoms. The predicted octanol–water partition coefficient (Wildman–Crippen LogP) is 1.96. The summed E-state index contributed by atoms with van der Waals surface area (Å²) < 4.78 is 18.9. The first-order valence-electron chi connectivity index (χ1n) is 5.82. The number of hydrogen-bond acceptors (Lipinski definition) is 5. The van der Waals surface area contributed by atoms with Gasteiger partial charge in [0.15, 0.2) is 17.3 Å². The van der Waals surface area contributed by atoms with Crippen molar-refractivity contribution in [2.24, 2.45) is 0 Å². The third-order valence-electron chi connectivity index (χ3n) is 2.49. The summed E-state index contributed by atoms with van der Waals surface area (Å²) in [5.41, 5.74) is 5.82. The Labute approximate surface area is 114 Å². The largest absolute Gasteiger partial charge is 0.491 e. The van der Waals surface area contributed by atoms with Crippen LogP contribution in [0.4, 0.5) is 10.3 Å². The molecule has 1 aromatic heterocycles. The van der Waals surface area contributed by atoms with Gasteiger partial charge in [0, 0.05) is 5.56 Å². The van der Waals surface area contributed by atoms with Gasteiger partial charge in [-0.05, 0) is 31.2 Å². The van der Waals surface area contributed by atoms with Crippen LogP contribution in [-0.4, -0.2) is 27.7 Å². The van der Waals surface area contributed by atoms with E-state index in [-0.39, 0.29) is 23.1 Å². The number of aromatic carboxylic acids is 1. The smallest absolute Gasteiger partial charge is 0.354 e. The van der Waals surface area contributed by atoms with Crippen LogP contribution in [0.25, 0.3) is 11.3 Å². The van der Waals surface area contributed by atoms with Crippen molar-refractivity contribution in [2.45, 2.75) is 6.92 Å². The molecule has 0 bridgehead atoms. The molecule has 0 amide bonds. The highest BCUT2D eigenvalue weighted by Gasteiger charge is 2.12. The van der Waals surface area contributed by atoms with Crippen LogP contribution in [0.1, 0.15) is 17.4 Å². The van der Waals surface area contributed by atoms with Crippen LogP contribution in [0.5, 0.6) is 5.75 Å². The second-order valence-corrected chi connectivity index (χ2v) is 3.88. The van der Waals surface area contributed by atoms with Crippen molar-refractivity contribution in [3.63, 3.8) is 0 Å². The first kappa shape index (κ1) is 13.7. The minimum atomic E-state index is -1.23. The van der Waals surface area contributed by atoms with Crippen molar-refractivity contribution in [1.82, 2.24) is 9.97 Å². The molecule has 1 aromatic carbocycles. The molecule has 7 heteroatoms. The first-order chi connectivity index (χ1) is 9.51. The first-order valence-corrected chi connectivity index (χ1v) is 5.82. The number of benzene rings is 1. The number of anilines is 1. The van der Waals surface area contributed by atoms with E-state index in [2.05, 4.69) is 9.97 Å². The molecule has 0 atom stereocenters. The number of carboxylic acids is 1. The summed E-state index contributed by atoms with van der Waals surface area (Å²) >= 11 is 0. The van der Waals surface area contributed by atoms with E-state index in [1.807, 2.05) is 0 Å². The molecule has 0 saturated heterocycles. The minimum absolute atomic E-state index is 0.122. The zero-order valence-electron chi connectivity index (χ0n) is 10.6. The monoisotopic (exact) mass is 277 g/mol. The highest BCUT2D eigenvalue weighted by atomic mass is 19.1. The van der Waals surface area contributed by atoms with E-state index in [4.69, 9.17) is 15.6 Å². The maximum absolute atomic E-state index is 13.8. The highest BCUT2D eigenvalue weighted by Crippen LogP contribution is 2.25. The van der Waals surface area contributed by atoms with Gasteiger partial charge in [-0.25, -0.2) is 19.2 Å². The number of nitrogens with two attached hydrogens (primary N) is 1. The van der Waals surface area contributed by atoms with Gasteiger partial charge in [0.2, 0.25) is 5.95 Å². The van der Waals surface area contributed by atoms with Crippen molar-refractivity contribution in [1.29, 1.82) is 0 Å². The molecule has 1 heterocycles. The second-order valence-electron chi connectivity index (χ2n) is 3.88. The Morgan fingerprint density at radius 1 is 1.40 bits per heavy atom. The predicted molar refractivity (Wildman–Crippen MR) is 70.0 cm³/mol. The van der Waals surface area contributed by atoms with E-state index in [1.54, 1.807) is 13.0 Å². The van der Waals surface area contributed by atoms with Crippen LogP contribution in [0.2, 0.25) is 0 Å². The molecule has 6 nitrogen and oxygen atoms in total. The molecule has 0 radical (unpaired) electrons. The molecular formula is C13H12FN3O3. The van der Waals surface area contributed by atoms with Crippen molar-refractivity contribution >= 4 is 11.9 Å². The summed E-state index contributed by atoms with van der Waals surface area (Å²) in [6.45, 7) is 2.09. The number of nitrogen functional groups attached to an aromatic ring is 1. The molecule has 2 rings (SSSR count). The lowest BCUT2D eigenvalue weighted by Gasteiger charge is -2.07. The van der Waals surface area contributed by atoms with Gasteiger partial charge in [0.05, 0.1) is 12.3 Å². The quantitative estimate of drug-likeness (QED) is 0.886. The Morgan fingerprint density at radius 3 is 2.75 bits per heavy atom. The van der Waals surface area contributed by atoms with E-state index >= 15 is 0 Å². The van der Waals surface area contributed by atoms with Crippen LogP contribution in [-0.2, 0) is 0 Å². The number of halogens is 1. The number of aromatic nitrogens is 2. The molecule has 0 aliphatic heterocycles. The van der Waals surface area contributed by atoms with Gasteiger partial charge in [-0.2, -0.15) is 0 Å². The lowest BCUT2D eigenvalue weighted by Crippen LogP contribution is -2.06. The molecule has 20 heavy (non-hydrogen) atoms. The summed E-state index contributed by atoms with van der Waals surface area (Å²) in [6, 6.07) is 5.46. The van der Waals surface area contributed by atoms with Gasteiger partial charge in [-0.15, -0.1) is 0 Å². The van der Waals surface area contributed by atoms with Crippen LogP contribution in [0, 0.1) is 5.82 Å². The van der Waals surface area contributed by atoms with E-state index < -0.39 is 11.8 Å². The average Bonchev–Trinajstić information content (AvgIpc) is 2.40. The topological polar surface area (TPSA) is 98.3 Å². The Morgan fingerprint density at radius 2 is 2.15 bits per heavy atom. The second kappa shape index (κ2) is 5.52. The zero-order valence-corrected chi connectivity index (χ0v) is 10.6. The summed E-state index contributed by atoms with van der Waals surface area (Å²) in [4.78, 5) is 18.4. The van der Waals surface area contributed by atoms with Gasteiger partial charge >= 0.3 is 5.97 Å². The SMILES string of the molecule is CCOc1ccc(-c2cc(C(=O)O)nc(N)n2)cc1F. The minimum Gasteiger partial charge on any atom is -0.491 e. The van der Waals surface area contributed by atoms with Crippen molar-refractivity contribution in [3.8, 4) is 17.0 Å². The molecule has 3 N–H and O–H groups in total. The van der Waals surface area contributed by atoms with Crippen molar-refractivity contribution in [3.05, 3.63) is 35.8 Å². The summed E-state index contributed by atoms with van der Waals surface area (Å²) in [6.07, 6.45) is 0. The number of ether oxygens (including phenoxy) is 1. The van der Waals surface area contributed by atoms with Gasteiger partial charge in [-0.3, -0.25) is 0 Å². The van der Waals surface area contributed by atoms with Crippen LogP contribution < -0.4 is 10.5 Å². The summed E-state index contributed by atoms with van der Waals surface area (Å²) in [7, 11) is 0. The molecule has 0 fully saturated rings. The maximum Gasteiger partial charge on any atom is 0.354 e. The van der Waals surface area contributed by atoms with Crippen LogP contribution in [0.3, 0.4) is 0 Å². The molecule has 0 aliphatic rings. The van der Waals surface area contributed by atoms with Gasteiger partial charge in [0.25, 0.3) is 0 Å². The van der Waals surface area contributed by atoms with Gasteiger partial charge in [0.1, 0.15) is 0 Å². The molecule has 104 valence electrons. The Balaban J connectivity index is 2.46. The summed E-state index contributed by atoms with van der Waals surface area (Å²) in [5, 5.41) is 8.91. The number of hydrogen-bond donors (Lipinski definition) is 2. The molecule has 0 saturated carbocycles. The molecular weight excluding hydrogens is 265 g/mol. The highest BCUT2D eigenvalue weighted by molar-refractivity contribution is 5.87. The fourth-order valence-corrected chi connectivity index (χ4v) is 1.66. The Kier molecular flexibility index (Phi) is 3.79. The van der Waals surface area contributed by atoms with E-state index in [9.17, 15) is 9.18 Å². The number of nitrogens with zero attached hydrogens (tertiary/aromatic N) is 2. The standard InChI is InChI=1S/C13H12FN3O3/c1-2-20-11-4-3-7(5-8(11)14)9-6-10(12(18)19)17-13(15)16-9/h3-6H,2H2,1H3,(H,18,19)(H2,15,16,17). The van der Waals surface area contributed by atoms with E-state index in [1.165, 1.54) is 18.2 Å². The Bertz CT molecular complexity index is 661. The third kappa shape index (κ3) is 2.82. The van der Waals surface area contributed by atoms with E-state index in [0.29, 0.717) is 12.2 Å². The fourth-order valence-electron chi connectivity index (χ4n) is 1.66. The zero-order chi connectivity index (χ0) is 14.7. The van der Waals surface area contributed by atoms with Crippen molar-refractivity contribution < 1.29 is 19.0 Å². The van der Waals surface area contributed by atoms with Crippen LogP contribution in [0.15, 0.2) is 24.3 Å². The van der Waals surface area contributed by atoms with Crippen molar-refractivity contribution in [2.75, 3.05) is 12.3 Å². The summed E-state index contributed by atoms with van der Waals surface area (Å²) in [5.74, 6) is -1.85. The van der Waals surface area contributed by atoms with Crippen LogP contribution >= 0.6 is 0 Å². The number of carbonyl (C=O) groups is 1. The van der Waals surface area contributed by atoms with Gasteiger partial charge < -0.3 is 15.6 Å².